The van der Waals surface area contributed by atoms with Crippen LogP contribution in [0.5, 0.6) is 5.75 Å². The maximum Gasteiger partial charge on any atom is 0.226 e. The van der Waals surface area contributed by atoms with Crippen molar-refractivity contribution in [3.63, 3.8) is 0 Å². The molecule has 0 saturated carbocycles. The molecule has 1 N–H and O–H groups in total. The zero-order valence-electron chi connectivity index (χ0n) is 15.1. The predicted molar refractivity (Wildman–Crippen MR) is 101 cm³/mol. The Kier molecular flexibility index (Phi) is 9.16. The molecule has 0 bridgehead atoms. The van der Waals surface area contributed by atoms with E-state index in [0.29, 0.717) is 19.1 Å². The van der Waals surface area contributed by atoms with Gasteiger partial charge in [-0.3, -0.25) is 4.79 Å². The zero-order valence-corrected chi connectivity index (χ0v) is 16.0. The van der Waals surface area contributed by atoms with E-state index in [9.17, 15) is 4.79 Å². The van der Waals surface area contributed by atoms with Gasteiger partial charge in [-0.1, -0.05) is 24.6 Å². The summed E-state index contributed by atoms with van der Waals surface area (Å²) in [7, 11) is 0. The number of nitrogens with zero attached hydrogens (tertiary/aromatic N) is 1. The van der Waals surface area contributed by atoms with Crippen LogP contribution in [0.25, 0.3) is 0 Å². The van der Waals surface area contributed by atoms with Crippen LogP contribution in [0.2, 0.25) is 0 Å². The monoisotopic (exact) mass is 354 g/mol. The summed E-state index contributed by atoms with van der Waals surface area (Å²) in [6.45, 7) is 9.58. The van der Waals surface area contributed by atoms with Crippen LogP contribution >= 0.6 is 12.4 Å². The second-order valence-corrected chi connectivity index (χ2v) is 6.44. The van der Waals surface area contributed by atoms with E-state index < -0.39 is 0 Å². The van der Waals surface area contributed by atoms with Gasteiger partial charge in [0.1, 0.15) is 5.75 Å². The average Bonchev–Trinajstić information content (AvgIpc) is 2.55. The summed E-state index contributed by atoms with van der Waals surface area (Å²) in [5.41, 5.74) is 2.35. The number of benzene rings is 1. The van der Waals surface area contributed by atoms with E-state index >= 15 is 0 Å². The van der Waals surface area contributed by atoms with Gasteiger partial charge in [0.25, 0.3) is 0 Å². The number of carbonyl (C=O) groups excluding carboxylic acids is 1. The van der Waals surface area contributed by atoms with Crippen molar-refractivity contribution in [1.82, 2.24) is 10.2 Å². The fourth-order valence-corrected chi connectivity index (χ4v) is 3.22. The summed E-state index contributed by atoms with van der Waals surface area (Å²) in [4.78, 5) is 14.7. The molecule has 0 radical (unpaired) electrons. The Bertz CT molecular complexity index is 516. The van der Waals surface area contributed by atoms with Gasteiger partial charge in [0.15, 0.2) is 0 Å². The van der Waals surface area contributed by atoms with E-state index in [1.165, 1.54) is 5.56 Å². The van der Waals surface area contributed by atoms with Crippen LogP contribution in [-0.4, -0.2) is 43.1 Å². The predicted octanol–water partition coefficient (Wildman–Crippen LogP) is 3.48. The Morgan fingerprint density at radius 2 is 2.00 bits per heavy atom. The van der Waals surface area contributed by atoms with Gasteiger partial charge in [-0.25, -0.2) is 0 Å². The Labute approximate surface area is 152 Å². The molecule has 136 valence electrons. The molecular weight excluding hydrogens is 324 g/mol. The van der Waals surface area contributed by atoms with E-state index in [4.69, 9.17) is 4.74 Å². The lowest BCUT2D eigenvalue weighted by Gasteiger charge is -2.34. The molecule has 1 aromatic carbocycles. The molecule has 4 nitrogen and oxygen atoms in total. The first-order valence-electron chi connectivity index (χ1n) is 8.82. The van der Waals surface area contributed by atoms with Gasteiger partial charge in [-0.2, -0.15) is 0 Å². The van der Waals surface area contributed by atoms with Gasteiger partial charge in [0.05, 0.1) is 13.0 Å². The standard InChI is InChI=1S/C19H30N2O2.ClH/c1-4-12-21(17-7-10-20-11-8-17)19(22)9-13-23-18-6-5-15(2)14-16(18)3;/h5-6,14,17,20H,4,7-13H2,1-3H3;1H. The third kappa shape index (κ3) is 5.99. The summed E-state index contributed by atoms with van der Waals surface area (Å²) >= 11 is 0. The molecule has 1 heterocycles. The van der Waals surface area contributed by atoms with Crippen molar-refractivity contribution in [3.8, 4) is 5.75 Å². The highest BCUT2D eigenvalue weighted by Gasteiger charge is 2.24. The number of rotatable bonds is 7. The Hall–Kier alpha value is -1.26. The van der Waals surface area contributed by atoms with E-state index in [1.54, 1.807) is 0 Å². The molecule has 0 aromatic heterocycles. The number of halogens is 1. The first kappa shape index (κ1) is 20.8. The molecule has 0 aliphatic carbocycles. The Balaban J connectivity index is 0.00000288. The fourth-order valence-electron chi connectivity index (χ4n) is 3.22. The third-order valence-electron chi connectivity index (χ3n) is 4.44. The van der Waals surface area contributed by atoms with Crippen LogP contribution in [0, 0.1) is 13.8 Å². The number of hydrogen-bond donors (Lipinski definition) is 1. The number of nitrogens with one attached hydrogen (secondary N) is 1. The first-order valence-corrected chi connectivity index (χ1v) is 8.82. The number of ether oxygens (including phenoxy) is 1. The van der Waals surface area contributed by atoms with Gasteiger partial charge in [0, 0.05) is 12.6 Å². The quantitative estimate of drug-likeness (QED) is 0.815. The third-order valence-corrected chi connectivity index (χ3v) is 4.44. The van der Waals surface area contributed by atoms with Gasteiger partial charge < -0.3 is 15.0 Å². The zero-order chi connectivity index (χ0) is 16.7. The average molecular weight is 355 g/mol. The molecule has 5 heteroatoms. The van der Waals surface area contributed by atoms with Crippen molar-refractivity contribution in [2.75, 3.05) is 26.2 Å². The highest BCUT2D eigenvalue weighted by molar-refractivity contribution is 5.85. The van der Waals surface area contributed by atoms with E-state index in [-0.39, 0.29) is 18.3 Å². The Morgan fingerprint density at radius 1 is 1.29 bits per heavy atom. The molecule has 1 aliphatic rings. The van der Waals surface area contributed by atoms with Crippen molar-refractivity contribution < 1.29 is 9.53 Å². The second kappa shape index (κ2) is 10.6. The van der Waals surface area contributed by atoms with Gasteiger partial charge in [-0.15, -0.1) is 12.4 Å². The van der Waals surface area contributed by atoms with Crippen LogP contribution in [0.15, 0.2) is 18.2 Å². The topological polar surface area (TPSA) is 41.6 Å². The summed E-state index contributed by atoms with van der Waals surface area (Å²) in [5.74, 6) is 1.11. The lowest BCUT2D eigenvalue weighted by Crippen LogP contribution is -2.46. The smallest absolute Gasteiger partial charge is 0.226 e. The molecule has 0 unspecified atom stereocenters. The summed E-state index contributed by atoms with van der Waals surface area (Å²) in [6, 6.07) is 6.54. The molecular formula is C19H31ClN2O2. The minimum atomic E-state index is 0. The summed E-state index contributed by atoms with van der Waals surface area (Å²) in [6.07, 6.45) is 3.58. The van der Waals surface area contributed by atoms with Crippen LogP contribution in [0.4, 0.5) is 0 Å². The lowest BCUT2D eigenvalue weighted by atomic mass is 10.0. The number of carbonyl (C=O) groups is 1. The van der Waals surface area contributed by atoms with Crippen molar-refractivity contribution in [2.24, 2.45) is 0 Å². The molecule has 0 atom stereocenters. The highest BCUT2D eigenvalue weighted by atomic mass is 35.5. The van der Waals surface area contributed by atoms with E-state index in [1.807, 2.05) is 19.1 Å². The molecule has 0 spiro atoms. The fraction of sp³-hybridized carbons (Fsp3) is 0.632. The minimum absolute atomic E-state index is 0. The van der Waals surface area contributed by atoms with Crippen molar-refractivity contribution in [1.29, 1.82) is 0 Å². The number of aryl methyl sites for hydroxylation is 2. The number of hydrogen-bond acceptors (Lipinski definition) is 3. The SMILES string of the molecule is CCCN(C(=O)CCOc1ccc(C)cc1C)C1CCNCC1.Cl. The van der Waals surface area contributed by atoms with Gasteiger partial charge in [0.2, 0.25) is 5.91 Å². The molecule has 1 aliphatic heterocycles. The van der Waals surface area contributed by atoms with Crippen LogP contribution in [0.3, 0.4) is 0 Å². The maximum atomic E-state index is 12.6. The molecule has 1 amide bonds. The molecule has 2 rings (SSSR count). The van der Waals surface area contributed by atoms with E-state index in [0.717, 1.165) is 50.2 Å². The Morgan fingerprint density at radius 3 is 2.62 bits per heavy atom. The summed E-state index contributed by atoms with van der Waals surface area (Å²) in [5, 5.41) is 3.36. The van der Waals surface area contributed by atoms with Crippen molar-refractivity contribution >= 4 is 18.3 Å². The van der Waals surface area contributed by atoms with Crippen LogP contribution < -0.4 is 10.1 Å². The lowest BCUT2D eigenvalue weighted by molar-refractivity contribution is -0.134. The molecule has 1 fully saturated rings. The molecule has 1 saturated heterocycles. The van der Waals surface area contributed by atoms with Crippen LogP contribution in [0.1, 0.15) is 43.7 Å². The molecule has 24 heavy (non-hydrogen) atoms. The van der Waals surface area contributed by atoms with Crippen LogP contribution in [-0.2, 0) is 4.79 Å². The second-order valence-electron chi connectivity index (χ2n) is 6.44. The summed E-state index contributed by atoms with van der Waals surface area (Å²) < 4.78 is 5.82. The number of piperidine rings is 1. The van der Waals surface area contributed by atoms with E-state index in [2.05, 4.69) is 30.1 Å². The van der Waals surface area contributed by atoms with Gasteiger partial charge >= 0.3 is 0 Å². The molecule has 1 aromatic rings. The van der Waals surface area contributed by atoms with Crippen molar-refractivity contribution in [2.45, 2.75) is 52.5 Å². The van der Waals surface area contributed by atoms with Crippen molar-refractivity contribution in [3.05, 3.63) is 29.3 Å². The largest absolute Gasteiger partial charge is 0.493 e. The maximum absolute atomic E-state index is 12.6. The minimum Gasteiger partial charge on any atom is -0.493 e. The van der Waals surface area contributed by atoms with Gasteiger partial charge in [-0.05, 0) is 57.8 Å². The normalized spacial score (nSPS) is 14.8. The highest BCUT2D eigenvalue weighted by Crippen LogP contribution is 2.19. The first-order chi connectivity index (χ1) is 11.1. The number of amides is 1.